The minimum Gasteiger partial charge on any atom is -0.593 e. The predicted octanol–water partition coefficient (Wildman–Crippen LogP) is 0.985. The van der Waals surface area contributed by atoms with Crippen LogP contribution in [-0.4, -0.2) is 45.6 Å². The lowest BCUT2D eigenvalue weighted by Gasteiger charge is -2.30. The van der Waals surface area contributed by atoms with Gasteiger partial charge in [0, 0.05) is 30.8 Å². The highest BCUT2D eigenvalue weighted by Crippen LogP contribution is 2.34. The fourth-order valence-electron chi connectivity index (χ4n) is 2.99. The van der Waals surface area contributed by atoms with Crippen LogP contribution in [0.2, 0.25) is 0 Å². The summed E-state index contributed by atoms with van der Waals surface area (Å²) < 4.78 is 33.6. The molecule has 1 aromatic rings. The van der Waals surface area contributed by atoms with Crippen LogP contribution in [0.15, 0.2) is 23.2 Å². The number of pyridine rings is 1. The third-order valence-electron chi connectivity index (χ3n) is 4.14. The summed E-state index contributed by atoms with van der Waals surface area (Å²) in [6, 6.07) is 3.03. The Bertz CT molecular complexity index is 688. The molecular formula is C15H21N3O4S. The number of amides is 1. The van der Waals surface area contributed by atoms with Crippen molar-refractivity contribution < 1.29 is 18.3 Å². The van der Waals surface area contributed by atoms with E-state index < -0.39 is 21.4 Å². The number of aromatic nitrogens is 1. The van der Waals surface area contributed by atoms with Gasteiger partial charge in [-0.1, -0.05) is 25.0 Å². The molecule has 0 aliphatic carbocycles. The van der Waals surface area contributed by atoms with Crippen LogP contribution >= 0.6 is 0 Å². The molecule has 0 bridgehead atoms. The highest BCUT2D eigenvalue weighted by atomic mass is 32.3. The predicted molar refractivity (Wildman–Crippen MR) is 83.3 cm³/mol. The largest absolute Gasteiger partial charge is 0.593 e. The van der Waals surface area contributed by atoms with Crippen molar-refractivity contribution in [3.05, 3.63) is 18.3 Å². The Kier molecular flexibility index (Phi) is 3.74. The number of hydrogen-bond acceptors (Lipinski definition) is 5. The number of nitrogens with one attached hydrogen (secondary N) is 1. The zero-order chi connectivity index (χ0) is 16.9. The molecule has 1 saturated heterocycles. The number of carbonyl (C=O) groups excluding carboxylic acids is 1. The van der Waals surface area contributed by atoms with Crippen molar-refractivity contribution in [2.75, 3.05) is 19.7 Å². The van der Waals surface area contributed by atoms with Crippen LogP contribution < -0.4 is 9.46 Å². The third-order valence-corrected chi connectivity index (χ3v) is 5.74. The maximum Gasteiger partial charge on any atom is 0.272 e. The second-order valence-electron chi connectivity index (χ2n) is 7.21. The number of hydrogen-bond donors (Lipinski definition) is 1. The molecule has 7 nitrogen and oxygen atoms in total. The Morgan fingerprint density at radius 1 is 1.52 bits per heavy atom. The van der Waals surface area contributed by atoms with Crippen molar-refractivity contribution >= 4 is 16.3 Å². The molecule has 1 fully saturated rings. The number of rotatable bonds is 0. The van der Waals surface area contributed by atoms with Crippen molar-refractivity contribution in [2.45, 2.75) is 37.6 Å². The Labute approximate surface area is 136 Å². The SMILES string of the molecule is CC(C)(C)C(=O)N1CCC2(COc3ncccc3[S+](=O)([O-])N2)C1. The Morgan fingerprint density at radius 3 is 2.96 bits per heavy atom. The minimum absolute atomic E-state index is 0.00783. The van der Waals surface area contributed by atoms with E-state index in [1.807, 2.05) is 20.8 Å². The maximum absolute atomic E-state index is 12.6. The van der Waals surface area contributed by atoms with E-state index >= 15 is 0 Å². The van der Waals surface area contributed by atoms with E-state index in [9.17, 15) is 13.6 Å². The van der Waals surface area contributed by atoms with Gasteiger partial charge in [-0.05, 0) is 12.5 Å². The van der Waals surface area contributed by atoms with Gasteiger partial charge < -0.3 is 14.2 Å². The number of likely N-dealkylation sites (tertiary alicyclic amines) is 1. The van der Waals surface area contributed by atoms with Crippen LogP contribution in [0.25, 0.3) is 0 Å². The lowest BCUT2D eigenvalue weighted by molar-refractivity contribution is -0.138. The van der Waals surface area contributed by atoms with Crippen LogP contribution in [0.1, 0.15) is 27.2 Å². The van der Waals surface area contributed by atoms with E-state index in [-0.39, 0.29) is 23.3 Å². The molecule has 1 N–H and O–H groups in total. The van der Waals surface area contributed by atoms with Crippen LogP contribution in [0.3, 0.4) is 0 Å². The van der Waals surface area contributed by atoms with Gasteiger partial charge in [0.2, 0.25) is 10.8 Å². The highest BCUT2D eigenvalue weighted by Gasteiger charge is 2.50. The number of nitrogens with zero attached hydrogens (tertiary/aromatic N) is 2. The first-order valence-corrected chi connectivity index (χ1v) is 9.03. The van der Waals surface area contributed by atoms with Gasteiger partial charge in [-0.25, -0.2) is 4.98 Å². The van der Waals surface area contributed by atoms with Crippen LogP contribution in [0.4, 0.5) is 0 Å². The van der Waals surface area contributed by atoms with Crippen LogP contribution in [0, 0.1) is 5.41 Å². The normalized spacial score (nSPS) is 30.7. The summed E-state index contributed by atoms with van der Waals surface area (Å²) in [5.41, 5.74) is -1.30. The van der Waals surface area contributed by atoms with Gasteiger partial charge in [-0.2, -0.15) is 0 Å². The maximum atomic E-state index is 12.6. The third kappa shape index (κ3) is 2.98. The molecule has 0 saturated carbocycles. The van der Waals surface area contributed by atoms with E-state index in [0.717, 1.165) is 0 Å². The average Bonchev–Trinajstić information content (AvgIpc) is 2.82. The monoisotopic (exact) mass is 339 g/mol. The molecule has 3 rings (SSSR count). The first kappa shape index (κ1) is 16.4. The molecular weight excluding hydrogens is 318 g/mol. The highest BCUT2D eigenvalue weighted by molar-refractivity contribution is 7.96. The first-order chi connectivity index (χ1) is 10.6. The molecule has 3 heterocycles. The summed E-state index contributed by atoms with van der Waals surface area (Å²) in [6.45, 7) is 6.53. The quantitative estimate of drug-likeness (QED) is 0.711. The Hall–Kier alpha value is -1.51. The van der Waals surface area contributed by atoms with Crippen LogP contribution in [-0.2, 0) is 19.4 Å². The molecule has 1 amide bonds. The number of ether oxygens (including phenoxy) is 1. The molecule has 2 aliphatic rings. The second kappa shape index (κ2) is 5.25. The molecule has 0 aromatic carbocycles. The lowest BCUT2D eigenvalue weighted by Crippen LogP contribution is -2.55. The lowest BCUT2D eigenvalue weighted by atomic mass is 9.95. The van der Waals surface area contributed by atoms with Gasteiger partial charge in [0.25, 0.3) is 5.88 Å². The van der Waals surface area contributed by atoms with Crippen LogP contribution in [0.5, 0.6) is 5.88 Å². The zero-order valence-corrected chi connectivity index (χ0v) is 14.3. The summed E-state index contributed by atoms with van der Waals surface area (Å²) in [5.74, 6) is 0.117. The fraction of sp³-hybridized carbons (Fsp3) is 0.600. The molecule has 2 atom stereocenters. The molecule has 2 unspecified atom stereocenters. The summed E-state index contributed by atoms with van der Waals surface area (Å²) in [5, 5.41) is 0. The molecule has 8 heteroatoms. The number of fused-ring (bicyclic) bond motifs is 1. The topological polar surface area (TPSA) is 94.6 Å². The van der Waals surface area contributed by atoms with E-state index in [0.29, 0.717) is 19.5 Å². The van der Waals surface area contributed by atoms with Crippen molar-refractivity contribution in [1.29, 1.82) is 0 Å². The Morgan fingerprint density at radius 2 is 2.26 bits per heavy atom. The zero-order valence-electron chi connectivity index (χ0n) is 13.5. The number of sulfonamides is 1. The Balaban J connectivity index is 1.87. The number of carbonyl (C=O) groups is 1. The van der Waals surface area contributed by atoms with E-state index in [1.165, 1.54) is 12.3 Å². The van der Waals surface area contributed by atoms with E-state index in [2.05, 4.69) is 9.71 Å². The second-order valence-corrected chi connectivity index (χ2v) is 8.86. The summed E-state index contributed by atoms with van der Waals surface area (Å²) >= 11 is 0. The molecule has 126 valence electrons. The first-order valence-electron chi connectivity index (χ1n) is 7.54. The smallest absolute Gasteiger partial charge is 0.272 e. The standard InChI is InChI=1S/C15H21N3O4S/c1-14(2,3)13(19)18-8-6-15(9-18)10-22-12-11(5-4-7-16-12)23(20,21)17-15/h4-5,7H,6,8-10H2,1-3H3,(H-,17,20,21). The molecule has 1 spiro atoms. The van der Waals surface area contributed by atoms with Crippen molar-refractivity contribution in [3.8, 4) is 5.88 Å². The minimum atomic E-state index is -3.73. The fourth-order valence-corrected chi connectivity index (χ4v) is 4.49. The van der Waals surface area contributed by atoms with Gasteiger partial charge in [0.05, 0.1) is 0 Å². The van der Waals surface area contributed by atoms with Gasteiger partial charge in [0.1, 0.15) is 12.1 Å². The van der Waals surface area contributed by atoms with Gasteiger partial charge in [-0.15, -0.1) is 4.72 Å². The van der Waals surface area contributed by atoms with Gasteiger partial charge >= 0.3 is 0 Å². The molecule has 0 radical (unpaired) electrons. The molecule has 2 aliphatic heterocycles. The van der Waals surface area contributed by atoms with Crippen molar-refractivity contribution in [1.82, 2.24) is 14.6 Å². The summed E-state index contributed by atoms with van der Waals surface area (Å²) in [4.78, 5) is 18.2. The van der Waals surface area contributed by atoms with E-state index in [4.69, 9.17) is 4.74 Å². The average molecular weight is 339 g/mol. The van der Waals surface area contributed by atoms with Crippen molar-refractivity contribution in [3.63, 3.8) is 0 Å². The molecule has 23 heavy (non-hydrogen) atoms. The van der Waals surface area contributed by atoms with Gasteiger partial charge in [-0.3, -0.25) is 4.79 Å². The molecule has 1 aromatic heterocycles. The van der Waals surface area contributed by atoms with E-state index in [1.54, 1.807) is 11.0 Å². The van der Waals surface area contributed by atoms with Gasteiger partial charge in [0.15, 0.2) is 10.4 Å². The summed E-state index contributed by atoms with van der Waals surface area (Å²) in [7, 11) is -3.73. The summed E-state index contributed by atoms with van der Waals surface area (Å²) in [6.07, 6.45) is 2.01. The van der Waals surface area contributed by atoms with Crippen molar-refractivity contribution in [2.24, 2.45) is 5.41 Å².